The first-order chi connectivity index (χ1) is 12.2. The van der Waals surface area contributed by atoms with Gasteiger partial charge in [-0.05, 0) is 25.1 Å². The number of hydrogen-bond acceptors (Lipinski definition) is 2. The van der Waals surface area contributed by atoms with E-state index in [0.29, 0.717) is 12.2 Å². The van der Waals surface area contributed by atoms with Crippen LogP contribution >= 0.6 is 0 Å². The number of carbonyl (C=O) groups excluding carboxylic acids is 1. The van der Waals surface area contributed by atoms with Gasteiger partial charge in [0, 0.05) is 16.7 Å². The molecule has 3 aromatic carbocycles. The number of ether oxygens (including phenoxy) is 1. The average Bonchev–Trinajstić information content (AvgIpc) is 2.68. The molecule has 124 valence electrons. The number of para-hydroxylation sites is 1. The SMILES string of the molecule is Cc1ccc(C(=O)N2c3ccccc3COC2c2ccccc2)cc1. The Kier molecular flexibility index (Phi) is 4.08. The molecule has 0 saturated heterocycles. The first-order valence-corrected chi connectivity index (χ1v) is 8.39. The van der Waals surface area contributed by atoms with Gasteiger partial charge in [0.25, 0.3) is 5.91 Å². The second-order valence-electron chi connectivity index (χ2n) is 6.24. The van der Waals surface area contributed by atoms with Crippen LogP contribution < -0.4 is 4.90 Å². The molecule has 1 aliphatic rings. The van der Waals surface area contributed by atoms with E-state index in [9.17, 15) is 4.79 Å². The zero-order chi connectivity index (χ0) is 17.2. The maximum absolute atomic E-state index is 13.3. The second-order valence-corrected chi connectivity index (χ2v) is 6.24. The highest BCUT2D eigenvalue weighted by molar-refractivity contribution is 6.07. The molecule has 0 radical (unpaired) electrons. The fraction of sp³-hybridized carbons (Fsp3) is 0.136. The maximum Gasteiger partial charge on any atom is 0.260 e. The predicted molar refractivity (Wildman–Crippen MR) is 98.4 cm³/mol. The van der Waals surface area contributed by atoms with Gasteiger partial charge in [-0.15, -0.1) is 0 Å². The van der Waals surface area contributed by atoms with Crippen LogP contribution in [-0.2, 0) is 11.3 Å². The molecule has 3 aromatic rings. The van der Waals surface area contributed by atoms with Crippen LogP contribution in [0.2, 0.25) is 0 Å². The van der Waals surface area contributed by atoms with Gasteiger partial charge in [-0.3, -0.25) is 9.69 Å². The van der Waals surface area contributed by atoms with Gasteiger partial charge < -0.3 is 4.74 Å². The highest BCUT2D eigenvalue weighted by atomic mass is 16.5. The minimum absolute atomic E-state index is 0.0546. The number of amides is 1. The third-order valence-electron chi connectivity index (χ3n) is 4.48. The molecule has 1 unspecified atom stereocenters. The zero-order valence-electron chi connectivity index (χ0n) is 14.1. The predicted octanol–water partition coefficient (Wildman–Crippen LogP) is 4.87. The maximum atomic E-state index is 13.3. The van der Waals surface area contributed by atoms with Crippen molar-refractivity contribution >= 4 is 11.6 Å². The van der Waals surface area contributed by atoms with Gasteiger partial charge in [0.05, 0.1) is 12.3 Å². The summed E-state index contributed by atoms with van der Waals surface area (Å²) in [4.78, 5) is 15.1. The Balaban J connectivity index is 1.81. The largest absolute Gasteiger partial charge is 0.349 e. The van der Waals surface area contributed by atoms with Crippen molar-refractivity contribution in [2.75, 3.05) is 4.90 Å². The van der Waals surface area contributed by atoms with E-state index in [-0.39, 0.29) is 5.91 Å². The number of benzene rings is 3. The number of aryl methyl sites for hydroxylation is 1. The van der Waals surface area contributed by atoms with Crippen molar-refractivity contribution in [2.24, 2.45) is 0 Å². The van der Waals surface area contributed by atoms with Crippen molar-refractivity contribution in [3.05, 3.63) is 101 Å². The van der Waals surface area contributed by atoms with Gasteiger partial charge in [-0.25, -0.2) is 0 Å². The summed E-state index contributed by atoms with van der Waals surface area (Å²) in [5.74, 6) is -0.0546. The molecular weight excluding hydrogens is 310 g/mol. The fourth-order valence-electron chi connectivity index (χ4n) is 3.15. The van der Waals surface area contributed by atoms with E-state index >= 15 is 0 Å². The summed E-state index contributed by atoms with van der Waals surface area (Å²) in [6.07, 6.45) is -0.426. The summed E-state index contributed by atoms with van der Waals surface area (Å²) in [5, 5.41) is 0. The number of nitrogens with zero attached hydrogens (tertiary/aromatic N) is 1. The van der Waals surface area contributed by atoms with Crippen LogP contribution in [0.25, 0.3) is 0 Å². The van der Waals surface area contributed by atoms with Gasteiger partial charge in [-0.2, -0.15) is 0 Å². The second kappa shape index (κ2) is 6.54. The van der Waals surface area contributed by atoms with Crippen molar-refractivity contribution in [3.8, 4) is 0 Å². The summed E-state index contributed by atoms with van der Waals surface area (Å²) in [7, 11) is 0. The quantitative estimate of drug-likeness (QED) is 0.671. The topological polar surface area (TPSA) is 29.5 Å². The van der Waals surface area contributed by atoms with Gasteiger partial charge in [0.1, 0.15) is 0 Å². The highest BCUT2D eigenvalue weighted by Crippen LogP contribution is 2.37. The van der Waals surface area contributed by atoms with Crippen molar-refractivity contribution in [2.45, 2.75) is 19.8 Å². The van der Waals surface area contributed by atoms with Gasteiger partial charge >= 0.3 is 0 Å². The van der Waals surface area contributed by atoms with Gasteiger partial charge in [0.2, 0.25) is 0 Å². The molecule has 3 nitrogen and oxygen atoms in total. The minimum atomic E-state index is -0.426. The molecule has 1 heterocycles. The van der Waals surface area contributed by atoms with E-state index in [2.05, 4.69) is 0 Å². The number of hydrogen-bond donors (Lipinski definition) is 0. The van der Waals surface area contributed by atoms with E-state index in [1.807, 2.05) is 85.8 Å². The number of anilines is 1. The molecule has 1 aliphatic heterocycles. The molecule has 3 heteroatoms. The Morgan fingerprint density at radius 3 is 2.36 bits per heavy atom. The first kappa shape index (κ1) is 15.6. The lowest BCUT2D eigenvalue weighted by Crippen LogP contribution is -2.39. The lowest BCUT2D eigenvalue weighted by molar-refractivity contribution is 0.0254. The number of fused-ring (bicyclic) bond motifs is 1. The van der Waals surface area contributed by atoms with Crippen molar-refractivity contribution in [3.63, 3.8) is 0 Å². The van der Waals surface area contributed by atoms with Crippen molar-refractivity contribution in [1.82, 2.24) is 0 Å². The third-order valence-corrected chi connectivity index (χ3v) is 4.48. The summed E-state index contributed by atoms with van der Waals surface area (Å²) in [6, 6.07) is 25.5. The van der Waals surface area contributed by atoms with E-state index in [0.717, 1.165) is 22.4 Å². The molecule has 0 aliphatic carbocycles. The monoisotopic (exact) mass is 329 g/mol. The van der Waals surface area contributed by atoms with Crippen LogP contribution in [0, 0.1) is 6.92 Å². The van der Waals surface area contributed by atoms with Crippen molar-refractivity contribution < 1.29 is 9.53 Å². The standard InChI is InChI=1S/C22H19NO2/c1-16-11-13-17(14-12-16)21(24)23-20-10-6-5-9-19(20)15-25-22(23)18-7-3-2-4-8-18/h2-14,22H,15H2,1H3. The van der Waals surface area contributed by atoms with Crippen LogP contribution in [0.4, 0.5) is 5.69 Å². The molecular formula is C22H19NO2. The lowest BCUT2D eigenvalue weighted by atomic mass is 10.0. The minimum Gasteiger partial charge on any atom is -0.349 e. The normalized spacial score (nSPS) is 16.4. The van der Waals surface area contributed by atoms with Crippen molar-refractivity contribution in [1.29, 1.82) is 0 Å². The summed E-state index contributed by atoms with van der Waals surface area (Å²) >= 11 is 0. The Hall–Kier alpha value is -2.91. The number of carbonyl (C=O) groups is 1. The molecule has 0 bridgehead atoms. The van der Waals surface area contributed by atoms with E-state index in [1.165, 1.54) is 0 Å². The molecule has 0 aromatic heterocycles. The van der Waals surface area contributed by atoms with E-state index in [4.69, 9.17) is 4.74 Å². The highest BCUT2D eigenvalue weighted by Gasteiger charge is 2.33. The summed E-state index contributed by atoms with van der Waals surface area (Å²) < 4.78 is 6.07. The lowest BCUT2D eigenvalue weighted by Gasteiger charge is -2.37. The summed E-state index contributed by atoms with van der Waals surface area (Å²) in [5.41, 5.74) is 4.69. The average molecular weight is 329 g/mol. The van der Waals surface area contributed by atoms with Crippen LogP contribution in [-0.4, -0.2) is 5.91 Å². The van der Waals surface area contributed by atoms with Crippen LogP contribution in [0.3, 0.4) is 0 Å². The van der Waals surface area contributed by atoms with E-state index < -0.39 is 6.23 Å². The van der Waals surface area contributed by atoms with Gasteiger partial charge in [-0.1, -0.05) is 66.2 Å². The Morgan fingerprint density at radius 2 is 1.60 bits per heavy atom. The fourth-order valence-corrected chi connectivity index (χ4v) is 3.15. The van der Waals surface area contributed by atoms with Gasteiger partial charge in [0.15, 0.2) is 6.23 Å². The summed E-state index contributed by atoms with van der Waals surface area (Å²) in [6.45, 7) is 2.51. The van der Waals surface area contributed by atoms with E-state index in [1.54, 1.807) is 4.90 Å². The van der Waals surface area contributed by atoms with Crippen LogP contribution in [0.1, 0.15) is 33.3 Å². The first-order valence-electron chi connectivity index (χ1n) is 8.39. The molecule has 0 spiro atoms. The van der Waals surface area contributed by atoms with Crippen LogP contribution in [0.5, 0.6) is 0 Å². The number of rotatable bonds is 2. The molecule has 1 amide bonds. The molecule has 0 N–H and O–H groups in total. The molecule has 0 saturated carbocycles. The smallest absolute Gasteiger partial charge is 0.260 e. The molecule has 4 rings (SSSR count). The van der Waals surface area contributed by atoms with Crippen LogP contribution in [0.15, 0.2) is 78.9 Å². The molecule has 0 fully saturated rings. The zero-order valence-corrected chi connectivity index (χ0v) is 14.1. The Morgan fingerprint density at radius 1 is 0.920 bits per heavy atom. The molecule has 25 heavy (non-hydrogen) atoms. The third kappa shape index (κ3) is 2.94. The Labute approximate surface area is 147 Å². The Bertz CT molecular complexity index is 887. The molecule has 1 atom stereocenters.